The van der Waals surface area contributed by atoms with Crippen LogP contribution in [0.5, 0.6) is 5.75 Å². The van der Waals surface area contributed by atoms with Gasteiger partial charge in [-0.1, -0.05) is 42.5 Å². The molecule has 154 valence electrons. The van der Waals surface area contributed by atoms with E-state index in [9.17, 15) is 9.90 Å². The van der Waals surface area contributed by atoms with Crippen molar-refractivity contribution in [3.8, 4) is 17.0 Å². The fourth-order valence-electron chi connectivity index (χ4n) is 3.46. The minimum absolute atomic E-state index is 0.0717. The minimum atomic E-state index is -0.776. The summed E-state index contributed by atoms with van der Waals surface area (Å²) in [4.78, 5) is 12.1. The Kier molecular flexibility index (Phi) is 5.63. The van der Waals surface area contributed by atoms with Crippen LogP contribution in [0.3, 0.4) is 0 Å². The molecule has 2 heterocycles. The van der Waals surface area contributed by atoms with E-state index in [2.05, 4.69) is 10.3 Å². The highest BCUT2D eigenvalue weighted by Gasteiger charge is 2.13. The fourth-order valence-corrected chi connectivity index (χ4v) is 3.46. The van der Waals surface area contributed by atoms with Crippen LogP contribution in [0.25, 0.3) is 22.2 Å². The highest BCUT2D eigenvalue weighted by molar-refractivity contribution is 5.82. The van der Waals surface area contributed by atoms with E-state index in [1.54, 1.807) is 16.9 Å². The average Bonchev–Trinajstić information content (AvgIpc) is 3.21. The summed E-state index contributed by atoms with van der Waals surface area (Å²) in [7, 11) is 0. The lowest BCUT2D eigenvalue weighted by Crippen LogP contribution is -2.24. The zero-order valence-electron chi connectivity index (χ0n) is 16.9. The normalized spacial score (nSPS) is 12.2. The van der Waals surface area contributed by atoms with Crippen molar-refractivity contribution in [3.05, 3.63) is 76.3 Å². The van der Waals surface area contributed by atoms with Gasteiger partial charge in [0, 0.05) is 22.6 Å². The van der Waals surface area contributed by atoms with Crippen molar-refractivity contribution in [2.45, 2.75) is 32.9 Å². The third kappa shape index (κ3) is 4.11. The molecule has 0 amide bonds. The van der Waals surface area contributed by atoms with Crippen LogP contribution in [0, 0.1) is 6.92 Å². The summed E-state index contributed by atoms with van der Waals surface area (Å²) in [5, 5.41) is 19.4. The van der Waals surface area contributed by atoms with Crippen LogP contribution >= 0.6 is 0 Å². The number of fused-ring (bicyclic) bond motifs is 1. The van der Waals surface area contributed by atoms with Crippen molar-refractivity contribution in [2.75, 3.05) is 6.61 Å². The highest BCUT2D eigenvalue weighted by Crippen LogP contribution is 2.24. The Morgan fingerprint density at radius 2 is 2.00 bits per heavy atom. The number of hydrogen-bond donors (Lipinski definition) is 1. The number of aliphatic hydroxyl groups is 1. The topological polar surface area (TPSA) is 90.4 Å². The molecule has 0 aliphatic rings. The van der Waals surface area contributed by atoms with Gasteiger partial charge < -0.3 is 14.3 Å². The largest absolute Gasteiger partial charge is 0.491 e. The van der Waals surface area contributed by atoms with Gasteiger partial charge in [-0.3, -0.25) is 0 Å². The summed E-state index contributed by atoms with van der Waals surface area (Å²) in [6.45, 7) is 4.18. The summed E-state index contributed by atoms with van der Waals surface area (Å²) in [6.07, 6.45) is 1.64. The van der Waals surface area contributed by atoms with E-state index < -0.39 is 6.10 Å². The van der Waals surface area contributed by atoms with Crippen molar-refractivity contribution in [2.24, 2.45) is 0 Å². The van der Waals surface area contributed by atoms with Crippen molar-refractivity contribution in [3.63, 3.8) is 0 Å². The lowest BCUT2D eigenvalue weighted by molar-refractivity contribution is 0.0888. The van der Waals surface area contributed by atoms with E-state index in [1.807, 2.05) is 56.3 Å². The Labute approximate surface area is 173 Å². The minimum Gasteiger partial charge on any atom is -0.491 e. The molecule has 1 N–H and O–H groups in total. The van der Waals surface area contributed by atoms with Gasteiger partial charge in [-0.15, -0.1) is 5.10 Å². The quantitative estimate of drug-likeness (QED) is 0.474. The molecule has 0 fully saturated rings. The monoisotopic (exact) mass is 405 g/mol. The predicted octanol–water partition coefficient (Wildman–Crippen LogP) is 3.36. The van der Waals surface area contributed by atoms with Gasteiger partial charge in [0.2, 0.25) is 0 Å². The van der Waals surface area contributed by atoms with Gasteiger partial charge in [-0.2, -0.15) is 0 Å². The number of ether oxygens (including phenoxy) is 1. The molecular formula is C23H23N3O4. The van der Waals surface area contributed by atoms with Crippen LogP contribution < -0.4 is 10.4 Å². The number of aryl methyl sites for hydroxylation is 1. The zero-order valence-corrected chi connectivity index (χ0v) is 16.9. The number of benzene rings is 2. The van der Waals surface area contributed by atoms with Crippen LogP contribution in [0.1, 0.15) is 18.1 Å². The Bertz CT molecular complexity index is 1210. The number of aliphatic hydroxyl groups excluding tert-OH is 1. The Balaban J connectivity index is 1.41. The molecule has 1 atom stereocenters. The molecule has 0 saturated carbocycles. The zero-order chi connectivity index (χ0) is 21.1. The predicted molar refractivity (Wildman–Crippen MR) is 114 cm³/mol. The van der Waals surface area contributed by atoms with Gasteiger partial charge in [0.05, 0.1) is 12.7 Å². The Hall–Kier alpha value is -3.45. The first-order valence-electron chi connectivity index (χ1n) is 9.88. The lowest BCUT2D eigenvalue weighted by atomic mass is 10.0. The van der Waals surface area contributed by atoms with Crippen LogP contribution in [-0.2, 0) is 13.0 Å². The van der Waals surface area contributed by atoms with E-state index in [-0.39, 0.29) is 18.8 Å². The average molecular weight is 405 g/mol. The standard InChI is InChI=1S/C23H23N3O4/c1-3-19-15(2)20-10-9-18(11-22(20)30-23(19)28)29-14-17(27)12-26-13-21(24-25-26)16-7-5-4-6-8-16/h4-11,13,17,27H,3,12,14H2,1-2H3. The highest BCUT2D eigenvalue weighted by atomic mass is 16.5. The molecule has 4 rings (SSSR count). The number of aromatic nitrogens is 3. The number of hydrogen-bond acceptors (Lipinski definition) is 6. The van der Waals surface area contributed by atoms with Crippen molar-refractivity contribution >= 4 is 11.0 Å². The Morgan fingerprint density at radius 1 is 1.20 bits per heavy atom. The molecule has 0 aliphatic carbocycles. The van der Waals surface area contributed by atoms with Crippen LogP contribution in [0.2, 0.25) is 0 Å². The molecular weight excluding hydrogens is 382 g/mol. The SMILES string of the molecule is CCc1c(C)c2ccc(OCC(O)Cn3cc(-c4ccccc4)nn3)cc2oc1=O. The smallest absolute Gasteiger partial charge is 0.339 e. The lowest BCUT2D eigenvalue weighted by Gasteiger charge is -2.13. The van der Waals surface area contributed by atoms with Gasteiger partial charge in [-0.05, 0) is 31.0 Å². The van der Waals surface area contributed by atoms with Crippen molar-refractivity contribution in [1.82, 2.24) is 15.0 Å². The van der Waals surface area contributed by atoms with E-state index in [0.717, 1.165) is 22.2 Å². The first-order valence-corrected chi connectivity index (χ1v) is 9.88. The Morgan fingerprint density at radius 3 is 2.77 bits per heavy atom. The molecule has 7 nitrogen and oxygen atoms in total. The second-order valence-electron chi connectivity index (χ2n) is 7.16. The first-order chi connectivity index (χ1) is 14.5. The van der Waals surface area contributed by atoms with Crippen LogP contribution in [-0.4, -0.2) is 32.8 Å². The van der Waals surface area contributed by atoms with Crippen LogP contribution in [0.15, 0.2) is 63.9 Å². The second kappa shape index (κ2) is 8.51. The van der Waals surface area contributed by atoms with Gasteiger partial charge in [0.15, 0.2) is 0 Å². The number of nitrogens with zero attached hydrogens (tertiary/aromatic N) is 3. The molecule has 0 spiro atoms. The molecule has 30 heavy (non-hydrogen) atoms. The van der Waals surface area contributed by atoms with E-state index >= 15 is 0 Å². The third-order valence-corrected chi connectivity index (χ3v) is 5.06. The summed E-state index contributed by atoms with van der Waals surface area (Å²) in [5.74, 6) is 0.525. The summed E-state index contributed by atoms with van der Waals surface area (Å²) >= 11 is 0. The molecule has 4 aromatic rings. The van der Waals surface area contributed by atoms with Gasteiger partial charge in [0.1, 0.15) is 29.7 Å². The van der Waals surface area contributed by atoms with E-state index in [4.69, 9.17) is 9.15 Å². The first kappa shape index (κ1) is 19.8. The van der Waals surface area contributed by atoms with Crippen LogP contribution in [0.4, 0.5) is 0 Å². The maximum atomic E-state index is 12.1. The fraction of sp³-hybridized carbons (Fsp3) is 0.261. The molecule has 1 unspecified atom stereocenters. The van der Waals surface area contributed by atoms with Crippen molar-refractivity contribution < 1.29 is 14.3 Å². The molecule has 2 aromatic carbocycles. The maximum absolute atomic E-state index is 12.1. The molecule has 7 heteroatoms. The molecule has 0 bridgehead atoms. The van der Waals surface area contributed by atoms with E-state index in [0.29, 0.717) is 23.3 Å². The summed E-state index contributed by atoms with van der Waals surface area (Å²) in [5.41, 5.74) is 3.49. The van der Waals surface area contributed by atoms with Gasteiger partial charge >= 0.3 is 5.63 Å². The molecule has 2 aromatic heterocycles. The summed E-state index contributed by atoms with van der Waals surface area (Å²) < 4.78 is 12.7. The van der Waals surface area contributed by atoms with Gasteiger partial charge in [-0.25, -0.2) is 9.48 Å². The molecule has 0 radical (unpaired) electrons. The second-order valence-corrected chi connectivity index (χ2v) is 7.16. The van der Waals surface area contributed by atoms with Gasteiger partial charge in [0.25, 0.3) is 0 Å². The third-order valence-electron chi connectivity index (χ3n) is 5.06. The number of rotatable bonds is 7. The van der Waals surface area contributed by atoms with Crippen molar-refractivity contribution in [1.29, 1.82) is 0 Å². The summed E-state index contributed by atoms with van der Waals surface area (Å²) in [6, 6.07) is 15.1. The maximum Gasteiger partial charge on any atom is 0.339 e. The van der Waals surface area contributed by atoms with E-state index in [1.165, 1.54) is 0 Å². The molecule has 0 saturated heterocycles. The molecule has 0 aliphatic heterocycles.